The number of imidazole rings is 1. The maximum absolute atomic E-state index is 14.5. The number of primary amides is 1. The summed E-state index contributed by atoms with van der Waals surface area (Å²) in [6.45, 7) is 5.77. The van der Waals surface area contributed by atoms with Crippen LogP contribution in [0.3, 0.4) is 0 Å². The summed E-state index contributed by atoms with van der Waals surface area (Å²) in [5, 5.41) is 14.0. The molecule has 1 saturated heterocycles. The average Bonchev–Trinajstić information content (AvgIpc) is 3.75. The van der Waals surface area contributed by atoms with Gasteiger partial charge in [-0.1, -0.05) is 30.7 Å². The van der Waals surface area contributed by atoms with Crippen LogP contribution in [0.25, 0.3) is 11.0 Å². The maximum Gasteiger partial charge on any atom is 0.408 e. The van der Waals surface area contributed by atoms with Crippen molar-refractivity contribution in [2.45, 2.75) is 133 Å². The van der Waals surface area contributed by atoms with E-state index in [0.717, 1.165) is 47.9 Å². The van der Waals surface area contributed by atoms with Crippen molar-refractivity contribution in [3.05, 3.63) is 87.3 Å². The number of hydrogen-bond donors (Lipinski definition) is 6. The number of carbonyl (C=O) groups excluding carboxylic acids is 7. The van der Waals surface area contributed by atoms with E-state index in [1.165, 1.54) is 26.2 Å². The van der Waals surface area contributed by atoms with Crippen molar-refractivity contribution in [3.8, 4) is 0 Å². The first-order chi connectivity index (χ1) is 33.1. The van der Waals surface area contributed by atoms with Crippen LogP contribution in [0.15, 0.2) is 64.3 Å². The van der Waals surface area contributed by atoms with Crippen LogP contribution in [0.2, 0.25) is 0 Å². The number of nitrogens with two attached hydrogens (primary N) is 1. The average molecular weight is 984 g/mol. The molecule has 3 aromatic carbocycles. The van der Waals surface area contributed by atoms with E-state index in [1.807, 2.05) is 24.3 Å². The van der Waals surface area contributed by atoms with Crippen molar-refractivity contribution < 1.29 is 46.7 Å². The third-order valence-electron chi connectivity index (χ3n) is 12.7. The number of anilines is 2. The quantitative estimate of drug-likeness (QED) is 0.0621. The Labute approximate surface area is 405 Å². The molecule has 0 radical (unpaired) electrons. The summed E-state index contributed by atoms with van der Waals surface area (Å²) < 4.78 is 32.3. The van der Waals surface area contributed by atoms with Crippen LogP contribution in [-0.4, -0.2) is 95.6 Å². The number of ether oxygens (including phenoxy) is 1. The van der Waals surface area contributed by atoms with E-state index in [2.05, 4.69) is 26.6 Å². The summed E-state index contributed by atoms with van der Waals surface area (Å²) in [5.41, 5.74) is 10.2. The molecule has 20 nitrogen and oxygen atoms in total. The standard InChI is InChI=1S/C49H61N9O11S/c1-49(2,3)69-47(65)54-35-16-12-30-23-29(9-7-6-8-22-51-32-13-18-36-38(26-32)56(4)48(66)57(36)37-19-21-41(60)55-44(37)62)24-31-25-39(58(42(30)31)46(35)64)45(63)53-34(17-20-40(50)59)43(61)52-27-28-10-14-33(15-11-28)70(5,67)68/h10-11,13-15,18,23-24,26,34-35,37,39,51H,6-9,12,16-17,19-22,25,27H2,1-5H3,(H2,50,59)(H,52,61)(H,53,63)(H,54,65)(H,55,60,62)/t34-,35-,37?,39-/m0/s1. The molecular weight excluding hydrogens is 923 g/mol. The number of aryl methyl sites for hydroxylation is 3. The molecule has 1 unspecified atom stereocenters. The number of fused-ring (bicyclic) bond motifs is 1. The molecule has 7 rings (SSSR count). The van der Waals surface area contributed by atoms with Gasteiger partial charge in [-0.15, -0.1) is 0 Å². The minimum Gasteiger partial charge on any atom is -0.444 e. The minimum atomic E-state index is -3.43. The summed E-state index contributed by atoms with van der Waals surface area (Å²) in [4.78, 5) is 106. The van der Waals surface area contributed by atoms with Gasteiger partial charge in [0.05, 0.1) is 21.6 Å². The molecule has 0 saturated carbocycles. The molecular formula is C49H61N9O11S. The van der Waals surface area contributed by atoms with Crippen LogP contribution in [0.5, 0.6) is 0 Å². The lowest BCUT2D eigenvalue weighted by Gasteiger charge is -2.29. The van der Waals surface area contributed by atoms with Crippen molar-refractivity contribution in [1.29, 1.82) is 0 Å². The van der Waals surface area contributed by atoms with Crippen molar-refractivity contribution in [1.82, 2.24) is 30.4 Å². The molecule has 0 spiro atoms. The van der Waals surface area contributed by atoms with Gasteiger partial charge in [-0.25, -0.2) is 18.0 Å². The number of amides is 7. The van der Waals surface area contributed by atoms with Gasteiger partial charge < -0.3 is 31.7 Å². The Morgan fingerprint density at radius 2 is 1.63 bits per heavy atom. The Morgan fingerprint density at radius 1 is 0.900 bits per heavy atom. The summed E-state index contributed by atoms with van der Waals surface area (Å²) in [6, 6.07) is 11.4. The first kappa shape index (κ1) is 50.8. The van der Waals surface area contributed by atoms with E-state index >= 15 is 0 Å². The largest absolute Gasteiger partial charge is 0.444 e. The number of carbonyl (C=O) groups is 7. The zero-order valence-electron chi connectivity index (χ0n) is 40.0. The summed E-state index contributed by atoms with van der Waals surface area (Å²) in [7, 11) is -1.78. The molecule has 3 aliphatic heterocycles. The van der Waals surface area contributed by atoms with E-state index in [1.54, 1.807) is 46.0 Å². The predicted molar refractivity (Wildman–Crippen MR) is 259 cm³/mol. The topological polar surface area (TPSA) is 279 Å². The number of alkyl carbamates (subject to hydrolysis) is 1. The van der Waals surface area contributed by atoms with Crippen LogP contribution >= 0.6 is 0 Å². The molecule has 1 aromatic heterocycles. The molecule has 21 heteroatoms. The molecule has 4 heterocycles. The highest BCUT2D eigenvalue weighted by molar-refractivity contribution is 7.90. The molecule has 0 aliphatic carbocycles. The summed E-state index contributed by atoms with van der Waals surface area (Å²) >= 11 is 0. The molecule has 4 aromatic rings. The lowest BCUT2D eigenvalue weighted by atomic mass is 9.95. The van der Waals surface area contributed by atoms with Crippen LogP contribution in [0, 0.1) is 0 Å². The molecule has 374 valence electrons. The van der Waals surface area contributed by atoms with Gasteiger partial charge >= 0.3 is 11.8 Å². The van der Waals surface area contributed by atoms with E-state index in [9.17, 15) is 46.8 Å². The third kappa shape index (κ3) is 11.9. The predicted octanol–water partition coefficient (Wildman–Crippen LogP) is 2.71. The second-order valence-electron chi connectivity index (χ2n) is 19.2. The first-order valence-corrected chi connectivity index (χ1v) is 25.4. The van der Waals surface area contributed by atoms with Crippen LogP contribution in [-0.2, 0) is 76.2 Å². The molecule has 7 amide bonds. The first-order valence-electron chi connectivity index (χ1n) is 23.5. The Bertz CT molecular complexity index is 2900. The van der Waals surface area contributed by atoms with E-state index < -0.39 is 75.2 Å². The number of sulfone groups is 1. The number of piperidine rings is 1. The van der Waals surface area contributed by atoms with Gasteiger partial charge in [-0.3, -0.25) is 48.1 Å². The van der Waals surface area contributed by atoms with Gasteiger partial charge in [0, 0.05) is 51.3 Å². The molecule has 1 fully saturated rings. The number of aromatic nitrogens is 2. The van der Waals surface area contributed by atoms with Gasteiger partial charge in [-0.2, -0.15) is 0 Å². The smallest absolute Gasteiger partial charge is 0.408 e. The van der Waals surface area contributed by atoms with Gasteiger partial charge in [0.2, 0.25) is 35.4 Å². The van der Waals surface area contributed by atoms with Gasteiger partial charge in [0.1, 0.15) is 29.8 Å². The highest BCUT2D eigenvalue weighted by atomic mass is 32.2. The number of benzene rings is 3. The number of imide groups is 1. The fraction of sp³-hybridized carbons (Fsp3) is 0.469. The fourth-order valence-corrected chi connectivity index (χ4v) is 9.92. The maximum atomic E-state index is 14.5. The molecule has 70 heavy (non-hydrogen) atoms. The van der Waals surface area contributed by atoms with Crippen molar-refractivity contribution in [2.75, 3.05) is 23.0 Å². The second-order valence-corrected chi connectivity index (χ2v) is 21.3. The second kappa shape index (κ2) is 20.9. The zero-order chi connectivity index (χ0) is 50.7. The van der Waals surface area contributed by atoms with Crippen LogP contribution in [0.1, 0.15) is 100 Å². The van der Waals surface area contributed by atoms with Gasteiger partial charge in [0.25, 0.3) is 0 Å². The van der Waals surface area contributed by atoms with Gasteiger partial charge in [0.15, 0.2) is 9.84 Å². The molecule has 3 aliphatic rings. The SMILES string of the molecule is Cn1c(=O)n(C2CCC(=O)NC2=O)c2ccc(NCCCCCc3cc4c5c(c3)C[C@@H](C(=O)N[C@@H](CCC(N)=O)C(=O)NCc3ccc(S(C)(=O)=O)cc3)N5C(=O)[C@@H](NC(=O)OC(C)(C)C)CC4)cc21. The lowest BCUT2D eigenvalue weighted by Crippen LogP contribution is -2.57. The van der Waals surface area contributed by atoms with Crippen molar-refractivity contribution in [3.63, 3.8) is 0 Å². The Balaban J connectivity index is 1.02. The number of nitrogens with one attached hydrogen (secondary N) is 5. The fourth-order valence-electron chi connectivity index (χ4n) is 9.29. The molecule has 4 atom stereocenters. The molecule has 0 bridgehead atoms. The highest BCUT2D eigenvalue weighted by Crippen LogP contribution is 2.40. The molecule has 7 N–H and O–H groups in total. The monoisotopic (exact) mass is 983 g/mol. The van der Waals surface area contributed by atoms with Crippen molar-refractivity contribution >= 4 is 73.8 Å². The lowest BCUT2D eigenvalue weighted by molar-refractivity contribution is -0.136. The zero-order valence-corrected chi connectivity index (χ0v) is 40.8. The van der Waals surface area contributed by atoms with Crippen LogP contribution in [0.4, 0.5) is 16.2 Å². The Hall–Kier alpha value is -7.03. The number of hydrogen-bond acceptors (Lipinski definition) is 12. The van der Waals surface area contributed by atoms with E-state index in [-0.39, 0.29) is 61.6 Å². The number of rotatable bonds is 18. The van der Waals surface area contributed by atoms with E-state index in [0.29, 0.717) is 41.7 Å². The van der Waals surface area contributed by atoms with E-state index in [4.69, 9.17) is 10.5 Å². The van der Waals surface area contributed by atoms with Gasteiger partial charge in [-0.05, 0) is 118 Å². The van der Waals surface area contributed by atoms with Crippen LogP contribution < -0.4 is 42.9 Å². The number of nitrogens with zero attached hydrogens (tertiary/aromatic N) is 3. The Morgan fingerprint density at radius 3 is 2.31 bits per heavy atom. The highest BCUT2D eigenvalue weighted by Gasteiger charge is 2.45. The summed E-state index contributed by atoms with van der Waals surface area (Å²) in [5.74, 6) is -3.29. The minimum absolute atomic E-state index is 0.00374. The Kier molecular flexibility index (Phi) is 15.2. The summed E-state index contributed by atoms with van der Waals surface area (Å²) in [6.07, 6.45) is 4.38. The third-order valence-corrected chi connectivity index (χ3v) is 13.9. The normalized spacial score (nSPS) is 18.4. The van der Waals surface area contributed by atoms with Crippen molar-refractivity contribution in [2.24, 2.45) is 12.8 Å². The number of unbranched alkanes of at least 4 members (excludes halogenated alkanes) is 2.